The van der Waals surface area contributed by atoms with E-state index in [2.05, 4.69) is 15.9 Å². The molecular formula is C16H15BrFNO. The standard InChI is InChI=1S/C16H15BrFNO/c17-10-11-19(12-13-6-2-1-3-7-13)16(20)14-8-4-5-9-15(14)18/h1-9H,10-12H2. The fraction of sp³-hybridized carbons (Fsp3) is 0.188. The molecule has 0 saturated carbocycles. The van der Waals surface area contributed by atoms with Crippen LogP contribution >= 0.6 is 15.9 Å². The normalized spacial score (nSPS) is 10.3. The van der Waals surface area contributed by atoms with E-state index >= 15 is 0 Å². The van der Waals surface area contributed by atoms with Gasteiger partial charge in [-0.05, 0) is 17.7 Å². The Labute approximate surface area is 126 Å². The summed E-state index contributed by atoms with van der Waals surface area (Å²) in [5, 5.41) is 0.653. The van der Waals surface area contributed by atoms with Gasteiger partial charge in [0, 0.05) is 18.4 Å². The highest BCUT2D eigenvalue weighted by Crippen LogP contribution is 2.13. The number of benzene rings is 2. The van der Waals surface area contributed by atoms with Crippen molar-refractivity contribution in [1.82, 2.24) is 4.90 Å². The van der Waals surface area contributed by atoms with Crippen molar-refractivity contribution < 1.29 is 9.18 Å². The van der Waals surface area contributed by atoms with Crippen LogP contribution < -0.4 is 0 Å². The summed E-state index contributed by atoms with van der Waals surface area (Å²) >= 11 is 3.34. The third kappa shape index (κ3) is 3.67. The Morgan fingerprint density at radius 3 is 2.35 bits per heavy atom. The molecular weight excluding hydrogens is 321 g/mol. The van der Waals surface area contributed by atoms with E-state index in [4.69, 9.17) is 0 Å². The fourth-order valence-electron chi connectivity index (χ4n) is 1.96. The number of carbonyl (C=O) groups is 1. The fourth-order valence-corrected chi connectivity index (χ4v) is 2.39. The van der Waals surface area contributed by atoms with Gasteiger partial charge in [-0.1, -0.05) is 58.4 Å². The van der Waals surface area contributed by atoms with Gasteiger partial charge in [-0.3, -0.25) is 4.79 Å². The largest absolute Gasteiger partial charge is 0.333 e. The van der Waals surface area contributed by atoms with Gasteiger partial charge in [0.2, 0.25) is 0 Å². The van der Waals surface area contributed by atoms with Crippen LogP contribution in [0.2, 0.25) is 0 Å². The molecule has 2 nitrogen and oxygen atoms in total. The molecule has 0 N–H and O–H groups in total. The minimum absolute atomic E-state index is 0.115. The van der Waals surface area contributed by atoms with Crippen molar-refractivity contribution in [2.75, 3.05) is 11.9 Å². The van der Waals surface area contributed by atoms with Crippen LogP contribution in [-0.4, -0.2) is 22.7 Å². The van der Waals surface area contributed by atoms with E-state index in [1.165, 1.54) is 12.1 Å². The topological polar surface area (TPSA) is 20.3 Å². The number of hydrogen-bond donors (Lipinski definition) is 0. The maximum atomic E-state index is 13.7. The summed E-state index contributed by atoms with van der Waals surface area (Å²) in [7, 11) is 0. The Morgan fingerprint density at radius 1 is 1.05 bits per heavy atom. The lowest BCUT2D eigenvalue weighted by molar-refractivity contribution is 0.0750. The van der Waals surface area contributed by atoms with E-state index in [1.807, 2.05) is 30.3 Å². The summed E-state index contributed by atoms with van der Waals surface area (Å²) in [5.41, 5.74) is 1.14. The van der Waals surface area contributed by atoms with E-state index in [9.17, 15) is 9.18 Å². The van der Waals surface area contributed by atoms with Crippen LogP contribution in [0.4, 0.5) is 4.39 Å². The predicted molar refractivity (Wildman–Crippen MR) is 81.4 cm³/mol. The molecule has 0 aliphatic rings. The molecule has 0 radical (unpaired) electrons. The van der Waals surface area contributed by atoms with Gasteiger partial charge < -0.3 is 4.90 Å². The van der Waals surface area contributed by atoms with Gasteiger partial charge in [-0.15, -0.1) is 0 Å². The molecule has 0 atom stereocenters. The molecule has 0 aliphatic heterocycles. The van der Waals surface area contributed by atoms with E-state index in [0.29, 0.717) is 18.4 Å². The lowest BCUT2D eigenvalue weighted by Gasteiger charge is -2.22. The summed E-state index contributed by atoms with van der Waals surface area (Å²) in [6.45, 7) is 1.00. The van der Waals surface area contributed by atoms with Crippen LogP contribution in [0.3, 0.4) is 0 Å². The summed E-state index contributed by atoms with van der Waals surface area (Å²) in [6.07, 6.45) is 0. The second kappa shape index (κ2) is 7.20. The maximum absolute atomic E-state index is 13.7. The zero-order valence-corrected chi connectivity index (χ0v) is 12.5. The number of halogens is 2. The molecule has 0 fully saturated rings. The molecule has 4 heteroatoms. The van der Waals surface area contributed by atoms with Crippen molar-refractivity contribution in [2.24, 2.45) is 0 Å². The molecule has 0 heterocycles. The number of rotatable bonds is 5. The number of amides is 1. The third-order valence-corrected chi connectivity index (χ3v) is 3.32. The van der Waals surface area contributed by atoms with Crippen LogP contribution in [0.1, 0.15) is 15.9 Å². The first-order chi connectivity index (χ1) is 9.72. The van der Waals surface area contributed by atoms with Crippen molar-refractivity contribution in [3.63, 3.8) is 0 Å². The van der Waals surface area contributed by atoms with Crippen LogP contribution in [0.15, 0.2) is 54.6 Å². The average molecular weight is 336 g/mol. The summed E-state index contributed by atoms with van der Waals surface area (Å²) in [4.78, 5) is 14.1. The number of hydrogen-bond acceptors (Lipinski definition) is 1. The quantitative estimate of drug-likeness (QED) is 0.759. The molecule has 0 saturated heterocycles. The van der Waals surface area contributed by atoms with E-state index in [1.54, 1.807) is 17.0 Å². The summed E-state index contributed by atoms with van der Waals surface area (Å²) in [5.74, 6) is -0.767. The Bertz CT molecular complexity index is 574. The second-order valence-corrected chi connectivity index (χ2v) is 5.17. The minimum atomic E-state index is -0.481. The zero-order valence-electron chi connectivity index (χ0n) is 10.9. The number of carbonyl (C=O) groups excluding carboxylic acids is 1. The zero-order chi connectivity index (χ0) is 14.4. The Kier molecular flexibility index (Phi) is 5.30. The van der Waals surface area contributed by atoms with E-state index in [-0.39, 0.29) is 11.5 Å². The number of nitrogens with zero attached hydrogens (tertiary/aromatic N) is 1. The molecule has 1 amide bonds. The monoisotopic (exact) mass is 335 g/mol. The highest BCUT2D eigenvalue weighted by molar-refractivity contribution is 9.09. The Morgan fingerprint density at radius 2 is 1.70 bits per heavy atom. The summed E-state index contributed by atoms with van der Waals surface area (Å²) < 4.78 is 13.7. The van der Waals surface area contributed by atoms with Crippen molar-refractivity contribution in [1.29, 1.82) is 0 Å². The van der Waals surface area contributed by atoms with Gasteiger partial charge in [0.05, 0.1) is 5.56 Å². The van der Waals surface area contributed by atoms with Crippen LogP contribution in [0.5, 0.6) is 0 Å². The molecule has 0 spiro atoms. The smallest absolute Gasteiger partial charge is 0.257 e. The molecule has 0 aliphatic carbocycles. The van der Waals surface area contributed by atoms with E-state index in [0.717, 1.165) is 5.56 Å². The minimum Gasteiger partial charge on any atom is -0.333 e. The lowest BCUT2D eigenvalue weighted by atomic mass is 10.1. The van der Waals surface area contributed by atoms with Crippen molar-refractivity contribution >= 4 is 21.8 Å². The van der Waals surface area contributed by atoms with Crippen molar-refractivity contribution in [3.8, 4) is 0 Å². The first kappa shape index (κ1) is 14.7. The Hall–Kier alpha value is -1.68. The first-order valence-corrected chi connectivity index (χ1v) is 7.48. The van der Waals surface area contributed by atoms with Crippen LogP contribution in [-0.2, 0) is 6.54 Å². The lowest BCUT2D eigenvalue weighted by Crippen LogP contribution is -2.32. The van der Waals surface area contributed by atoms with Gasteiger partial charge in [0.15, 0.2) is 0 Å². The first-order valence-electron chi connectivity index (χ1n) is 6.36. The van der Waals surface area contributed by atoms with Crippen molar-refractivity contribution in [2.45, 2.75) is 6.54 Å². The molecule has 2 rings (SSSR count). The molecule has 2 aromatic carbocycles. The highest BCUT2D eigenvalue weighted by atomic mass is 79.9. The molecule has 0 bridgehead atoms. The van der Waals surface area contributed by atoms with Gasteiger partial charge in [-0.25, -0.2) is 4.39 Å². The summed E-state index contributed by atoms with van der Waals surface area (Å²) in [6, 6.07) is 15.8. The maximum Gasteiger partial charge on any atom is 0.257 e. The molecule has 104 valence electrons. The second-order valence-electron chi connectivity index (χ2n) is 4.38. The SMILES string of the molecule is O=C(c1ccccc1F)N(CCBr)Cc1ccccc1. The van der Waals surface area contributed by atoms with Crippen LogP contribution in [0, 0.1) is 5.82 Å². The molecule has 0 unspecified atom stereocenters. The average Bonchev–Trinajstić information content (AvgIpc) is 2.48. The predicted octanol–water partition coefficient (Wildman–Crippen LogP) is 3.86. The molecule has 0 aromatic heterocycles. The van der Waals surface area contributed by atoms with E-state index < -0.39 is 5.82 Å². The molecule has 20 heavy (non-hydrogen) atoms. The number of alkyl halides is 1. The third-order valence-electron chi connectivity index (χ3n) is 2.96. The van der Waals surface area contributed by atoms with Crippen LogP contribution in [0.25, 0.3) is 0 Å². The van der Waals surface area contributed by atoms with Gasteiger partial charge in [0.25, 0.3) is 5.91 Å². The highest BCUT2D eigenvalue weighted by Gasteiger charge is 2.18. The van der Waals surface area contributed by atoms with Crippen molar-refractivity contribution in [3.05, 3.63) is 71.5 Å². The molecule has 2 aromatic rings. The van der Waals surface area contributed by atoms with Gasteiger partial charge in [0.1, 0.15) is 5.82 Å². The van der Waals surface area contributed by atoms with Gasteiger partial charge >= 0.3 is 0 Å². The van der Waals surface area contributed by atoms with Gasteiger partial charge in [-0.2, -0.15) is 0 Å². The Balaban J connectivity index is 2.20.